The van der Waals surface area contributed by atoms with Crippen LogP contribution in [0.1, 0.15) is 29.7 Å². The summed E-state index contributed by atoms with van der Waals surface area (Å²) in [4.78, 5) is 50.1. The van der Waals surface area contributed by atoms with Crippen LogP contribution in [0.2, 0.25) is 0 Å². The molecule has 0 N–H and O–H groups in total. The zero-order chi connectivity index (χ0) is 24.0. The average molecular weight is 499 g/mol. The Balaban J connectivity index is 1.41. The smallest absolute Gasteiger partial charge is 0.328 e. The molecule has 0 aromatic carbocycles. The van der Waals surface area contributed by atoms with E-state index in [1.54, 1.807) is 40.6 Å². The predicted octanol–water partition coefficient (Wildman–Crippen LogP) is 2.45. The first-order valence-electron chi connectivity index (χ1n) is 11.3. The maximum atomic E-state index is 13.4. The molecule has 1 aliphatic carbocycles. The van der Waals surface area contributed by atoms with E-state index in [0.29, 0.717) is 35.0 Å². The largest absolute Gasteiger partial charge is 0.332 e. The Bertz CT molecular complexity index is 1600. The SMILES string of the molecule is C=CCn1c(SCCCn2c(=O)c3c(ncn3C)n(C)c2=O)nc2sc3c(c2c1=O)CCCC3. The third-order valence-corrected chi connectivity index (χ3v) is 8.56. The zero-order valence-electron chi connectivity index (χ0n) is 19.2. The van der Waals surface area contributed by atoms with Crippen LogP contribution in [-0.2, 0) is 40.0 Å². The van der Waals surface area contributed by atoms with Gasteiger partial charge in [0, 0.05) is 37.8 Å². The summed E-state index contributed by atoms with van der Waals surface area (Å²) in [5, 5.41) is 1.42. The van der Waals surface area contributed by atoms with Gasteiger partial charge in [0.05, 0.1) is 11.7 Å². The van der Waals surface area contributed by atoms with Gasteiger partial charge >= 0.3 is 5.69 Å². The lowest BCUT2D eigenvalue weighted by atomic mass is 9.97. The van der Waals surface area contributed by atoms with Crippen molar-refractivity contribution < 1.29 is 0 Å². The number of aromatic nitrogens is 6. The molecule has 0 unspecified atom stereocenters. The lowest BCUT2D eigenvalue weighted by Crippen LogP contribution is -2.39. The number of imidazole rings is 1. The van der Waals surface area contributed by atoms with Crippen LogP contribution in [-0.4, -0.2) is 34.0 Å². The summed E-state index contributed by atoms with van der Waals surface area (Å²) in [5.74, 6) is 0.610. The van der Waals surface area contributed by atoms with Crippen LogP contribution in [0.3, 0.4) is 0 Å². The molecule has 0 aliphatic heterocycles. The van der Waals surface area contributed by atoms with Crippen molar-refractivity contribution in [3.8, 4) is 0 Å². The molecule has 0 saturated carbocycles. The van der Waals surface area contributed by atoms with Crippen molar-refractivity contribution in [1.82, 2.24) is 28.2 Å². The van der Waals surface area contributed by atoms with Gasteiger partial charge in [0.15, 0.2) is 16.3 Å². The molecule has 5 rings (SSSR count). The summed E-state index contributed by atoms with van der Waals surface area (Å²) in [6.45, 7) is 4.48. The van der Waals surface area contributed by atoms with Crippen LogP contribution in [0.25, 0.3) is 21.4 Å². The second-order valence-corrected chi connectivity index (χ2v) is 10.7. The van der Waals surface area contributed by atoms with E-state index >= 15 is 0 Å². The van der Waals surface area contributed by atoms with Gasteiger partial charge < -0.3 is 4.57 Å². The summed E-state index contributed by atoms with van der Waals surface area (Å²) in [5.41, 5.74) is 1.25. The summed E-state index contributed by atoms with van der Waals surface area (Å²) >= 11 is 3.11. The summed E-state index contributed by atoms with van der Waals surface area (Å²) in [6, 6.07) is 0. The minimum Gasteiger partial charge on any atom is -0.328 e. The highest BCUT2D eigenvalue weighted by atomic mass is 32.2. The fourth-order valence-corrected chi connectivity index (χ4v) is 6.83. The van der Waals surface area contributed by atoms with Gasteiger partial charge in [-0.05, 0) is 37.7 Å². The predicted molar refractivity (Wildman–Crippen MR) is 136 cm³/mol. The number of hydrogen-bond donors (Lipinski definition) is 0. The highest BCUT2D eigenvalue weighted by Crippen LogP contribution is 2.34. The molecular formula is C23H26N6O3S2. The first-order chi connectivity index (χ1) is 16.4. The number of allylic oxidation sites excluding steroid dienone is 1. The zero-order valence-corrected chi connectivity index (χ0v) is 20.9. The third kappa shape index (κ3) is 3.67. The first kappa shape index (κ1) is 22.9. The van der Waals surface area contributed by atoms with E-state index in [0.717, 1.165) is 35.9 Å². The van der Waals surface area contributed by atoms with E-state index in [4.69, 9.17) is 4.98 Å². The molecule has 0 radical (unpaired) electrons. The van der Waals surface area contributed by atoms with Crippen molar-refractivity contribution >= 4 is 44.5 Å². The van der Waals surface area contributed by atoms with Crippen LogP contribution in [0.4, 0.5) is 0 Å². The lowest BCUT2D eigenvalue weighted by molar-refractivity contribution is 0.593. The number of hydrogen-bond acceptors (Lipinski definition) is 7. The van der Waals surface area contributed by atoms with Gasteiger partial charge in [-0.25, -0.2) is 14.8 Å². The quantitative estimate of drug-likeness (QED) is 0.168. The molecule has 0 spiro atoms. The lowest BCUT2D eigenvalue weighted by Gasteiger charge is -2.12. The van der Waals surface area contributed by atoms with Crippen molar-refractivity contribution in [3.05, 3.63) is 60.6 Å². The molecule has 0 saturated heterocycles. The summed E-state index contributed by atoms with van der Waals surface area (Å²) in [6.07, 6.45) is 8.05. The van der Waals surface area contributed by atoms with Gasteiger partial charge in [0.25, 0.3) is 11.1 Å². The minimum atomic E-state index is -0.381. The van der Waals surface area contributed by atoms with E-state index < -0.39 is 0 Å². The van der Waals surface area contributed by atoms with E-state index in [2.05, 4.69) is 11.6 Å². The molecule has 1 aliphatic rings. The maximum absolute atomic E-state index is 13.4. The van der Waals surface area contributed by atoms with Gasteiger partial charge in [0.2, 0.25) is 0 Å². The van der Waals surface area contributed by atoms with Gasteiger partial charge in [0.1, 0.15) is 4.83 Å². The third-order valence-electron chi connectivity index (χ3n) is 6.31. The highest BCUT2D eigenvalue weighted by molar-refractivity contribution is 7.99. The summed E-state index contributed by atoms with van der Waals surface area (Å²) < 4.78 is 5.98. The molecule has 0 fully saturated rings. The van der Waals surface area contributed by atoms with Crippen molar-refractivity contribution in [2.75, 3.05) is 5.75 Å². The number of nitrogens with zero attached hydrogens (tertiary/aromatic N) is 6. The molecular weight excluding hydrogens is 472 g/mol. The van der Waals surface area contributed by atoms with E-state index in [9.17, 15) is 14.4 Å². The number of aryl methyl sites for hydroxylation is 4. The second kappa shape index (κ2) is 9.03. The second-order valence-electron chi connectivity index (χ2n) is 8.52. The van der Waals surface area contributed by atoms with E-state index in [-0.39, 0.29) is 23.4 Å². The molecule has 178 valence electrons. The Morgan fingerprint density at radius 1 is 1.15 bits per heavy atom. The average Bonchev–Trinajstić information content (AvgIpc) is 3.40. The van der Waals surface area contributed by atoms with Gasteiger partial charge in [-0.1, -0.05) is 17.8 Å². The van der Waals surface area contributed by atoms with Gasteiger partial charge in [-0.3, -0.25) is 23.3 Å². The highest BCUT2D eigenvalue weighted by Gasteiger charge is 2.22. The number of thiophene rings is 1. The van der Waals surface area contributed by atoms with Crippen molar-refractivity contribution in [2.45, 2.75) is 50.4 Å². The molecule has 4 aromatic heterocycles. The van der Waals surface area contributed by atoms with Crippen molar-refractivity contribution in [2.24, 2.45) is 14.1 Å². The number of fused-ring (bicyclic) bond motifs is 4. The number of thioether (sulfide) groups is 1. The Labute approximate surface area is 203 Å². The molecule has 4 heterocycles. The first-order valence-corrected chi connectivity index (χ1v) is 13.1. The normalized spacial score (nSPS) is 13.6. The molecule has 34 heavy (non-hydrogen) atoms. The van der Waals surface area contributed by atoms with E-state index in [1.807, 2.05) is 0 Å². The Kier molecular flexibility index (Phi) is 6.07. The van der Waals surface area contributed by atoms with Crippen LogP contribution >= 0.6 is 23.1 Å². The maximum Gasteiger partial charge on any atom is 0.332 e. The fraction of sp³-hybridized carbons (Fsp3) is 0.435. The Morgan fingerprint density at radius 3 is 2.74 bits per heavy atom. The fourth-order valence-electron chi connectivity index (χ4n) is 4.60. The van der Waals surface area contributed by atoms with Crippen LogP contribution in [0.5, 0.6) is 0 Å². The monoisotopic (exact) mass is 498 g/mol. The van der Waals surface area contributed by atoms with Crippen LogP contribution in [0.15, 0.2) is 38.5 Å². The molecule has 11 heteroatoms. The standard InChI is InChI=1S/C23H26N6O3S2/c1-4-10-28-20(30)16-14-8-5-6-9-15(14)34-19(16)25-22(28)33-12-7-11-29-21(31)17-18(24-13-26(17)2)27(3)23(29)32/h4,13H,1,5-12H2,2-3H3. The van der Waals surface area contributed by atoms with Crippen molar-refractivity contribution in [3.63, 3.8) is 0 Å². The van der Waals surface area contributed by atoms with E-state index in [1.165, 1.54) is 37.7 Å². The molecule has 0 atom stereocenters. The topological polar surface area (TPSA) is 96.7 Å². The Hall–Kier alpha value is -2.92. The number of rotatable bonds is 7. The van der Waals surface area contributed by atoms with Crippen molar-refractivity contribution in [1.29, 1.82) is 0 Å². The minimum absolute atomic E-state index is 0.00134. The molecule has 0 amide bonds. The molecule has 9 nitrogen and oxygen atoms in total. The van der Waals surface area contributed by atoms with Crippen LogP contribution < -0.4 is 16.8 Å². The van der Waals surface area contributed by atoms with Crippen LogP contribution in [0, 0.1) is 0 Å². The Morgan fingerprint density at radius 2 is 1.94 bits per heavy atom. The molecule has 4 aromatic rings. The van der Waals surface area contributed by atoms with Gasteiger partial charge in [-0.15, -0.1) is 17.9 Å². The molecule has 0 bridgehead atoms. The van der Waals surface area contributed by atoms with Gasteiger partial charge in [-0.2, -0.15) is 0 Å². The summed E-state index contributed by atoms with van der Waals surface area (Å²) in [7, 11) is 3.36.